The Bertz CT molecular complexity index is 763. The van der Waals surface area contributed by atoms with Crippen molar-refractivity contribution in [3.8, 4) is 0 Å². The van der Waals surface area contributed by atoms with Crippen molar-refractivity contribution in [2.75, 3.05) is 18.9 Å². The van der Waals surface area contributed by atoms with Gasteiger partial charge in [-0.15, -0.1) is 0 Å². The Labute approximate surface area is 136 Å². The third kappa shape index (κ3) is 3.41. The van der Waals surface area contributed by atoms with E-state index >= 15 is 0 Å². The molecule has 24 heavy (non-hydrogen) atoms. The van der Waals surface area contributed by atoms with Crippen molar-refractivity contribution in [2.24, 2.45) is 0 Å². The maximum absolute atomic E-state index is 11.1. The molecule has 132 valence electrons. The zero-order chi connectivity index (χ0) is 17.3. The van der Waals surface area contributed by atoms with E-state index in [1.807, 2.05) is 0 Å². The number of aromatic nitrogens is 4. The SMILES string of the molecule is Nc1ncnc2c1ncn2[C@H]1CC[C@@H](COC(CO)P(=O)(O)O)O1. The number of nitrogen functional groups attached to an aromatic ring is 1. The van der Waals surface area contributed by atoms with Crippen molar-refractivity contribution in [3.05, 3.63) is 12.7 Å². The molecule has 0 saturated carbocycles. The lowest BCUT2D eigenvalue weighted by molar-refractivity contribution is -0.0559. The molecule has 1 aliphatic heterocycles. The van der Waals surface area contributed by atoms with E-state index in [0.717, 1.165) is 0 Å². The van der Waals surface area contributed by atoms with Crippen molar-refractivity contribution in [1.29, 1.82) is 0 Å². The van der Waals surface area contributed by atoms with Gasteiger partial charge in [-0.3, -0.25) is 9.13 Å². The van der Waals surface area contributed by atoms with Crippen LogP contribution in [0.1, 0.15) is 19.1 Å². The zero-order valence-corrected chi connectivity index (χ0v) is 13.5. The molecule has 3 rings (SSSR count). The van der Waals surface area contributed by atoms with Gasteiger partial charge in [-0.1, -0.05) is 0 Å². The van der Waals surface area contributed by atoms with Crippen molar-refractivity contribution < 1.29 is 28.9 Å². The number of aliphatic hydroxyl groups is 1. The molecule has 0 radical (unpaired) electrons. The molecule has 11 nitrogen and oxygen atoms in total. The summed E-state index contributed by atoms with van der Waals surface area (Å²) in [6, 6.07) is 0. The van der Waals surface area contributed by atoms with Gasteiger partial charge in [0, 0.05) is 0 Å². The van der Waals surface area contributed by atoms with Gasteiger partial charge in [-0.25, -0.2) is 15.0 Å². The summed E-state index contributed by atoms with van der Waals surface area (Å²) in [4.78, 5) is 30.3. The maximum Gasteiger partial charge on any atom is 0.356 e. The Morgan fingerprint density at radius 3 is 2.92 bits per heavy atom. The second-order valence-electron chi connectivity index (χ2n) is 5.43. The Morgan fingerprint density at radius 1 is 1.42 bits per heavy atom. The van der Waals surface area contributed by atoms with Gasteiger partial charge in [0.05, 0.1) is 25.6 Å². The van der Waals surface area contributed by atoms with Gasteiger partial charge in [0.2, 0.25) is 0 Å². The smallest absolute Gasteiger partial charge is 0.356 e. The van der Waals surface area contributed by atoms with Crippen LogP contribution in [0.4, 0.5) is 5.82 Å². The quantitative estimate of drug-likeness (QED) is 0.498. The minimum atomic E-state index is -4.51. The van der Waals surface area contributed by atoms with Gasteiger partial charge in [0.15, 0.2) is 17.3 Å². The molecule has 0 spiro atoms. The molecule has 12 heteroatoms. The number of anilines is 1. The molecule has 5 N–H and O–H groups in total. The normalized spacial score (nSPS) is 23.0. The predicted octanol–water partition coefficient (Wildman–Crippen LogP) is -0.401. The number of nitrogens with two attached hydrogens (primary N) is 1. The third-order valence-corrected chi connectivity index (χ3v) is 4.85. The van der Waals surface area contributed by atoms with Crippen molar-refractivity contribution in [3.63, 3.8) is 0 Å². The molecule has 0 amide bonds. The van der Waals surface area contributed by atoms with Gasteiger partial charge >= 0.3 is 7.60 Å². The second kappa shape index (κ2) is 6.71. The van der Waals surface area contributed by atoms with E-state index in [0.29, 0.717) is 24.0 Å². The average molecular weight is 359 g/mol. The number of imidazole rings is 1. The predicted molar refractivity (Wildman–Crippen MR) is 81.7 cm³/mol. The molecule has 1 aliphatic rings. The summed E-state index contributed by atoms with van der Waals surface area (Å²) in [5.41, 5.74) is 6.79. The van der Waals surface area contributed by atoms with Gasteiger partial charge in [0.1, 0.15) is 18.1 Å². The zero-order valence-electron chi connectivity index (χ0n) is 12.6. The van der Waals surface area contributed by atoms with Gasteiger partial charge in [0.25, 0.3) is 0 Å². The second-order valence-corrected chi connectivity index (χ2v) is 7.19. The maximum atomic E-state index is 11.1. The van der Waals surface area contributed by atoms with Crippen LogP contribution in [0.15, 0.2) is 12.7 Å². The lowest BCUT2D eigenvalue weighted by Crippen LogP contribution is -2.24. The van der Waals surface area contributed by atoms with Crippen LogP contribution in [0.5, 0.6) is 0 Å². The molecule has 1 unspecified atom stereocenters. The van der Waals surface area contributed by atoms with E-state index in [1.54, 1.807) is 10.9 Å². The van der Waals surface area contributed by atoms with E-state index in [4.69, 9.17) is 30.1 Å². The highest BCUT2D eigenvalue weighted by atomic mass is 31.2. The summed E-state index contributed by atoms with van der Waals surface area (Å²) in [7, 11) is -4.51. The number of rotatable bonds is 6. The van der Waals surface area contributed by atoms with Gasteiger partial charge in [-0.05, 0) is 12.8 Å². The van der Waals surface area contributed by atoms with Crippen molar-refractivity contribution >= 4 is 24.6 Å². The van der Waals surface area contributed by atoms with E-state index < -0.39 is 20.0 Å². The Kier molecular flexibility index (Phi) is 4.81. The molecule has 1 fully saturated rings. The van der Waals surface area contributed by atoms with Crippen molar-refractivity contribution in [1.82, 2.24) is 19.5 Å². The minimum absolute atomic E-state index is 0.0312. The first-order chi connectivity index (χ1) is 11.4. The third-order valence-electron chi connectivity index (χ3n) is 3.79. The fraction of sp³-hybridized carbons (Fsp3) is 0.583. The molecule has 0 bridgehead atoms. The summed E-state index contributed by atoms with van der Waals surface area (Å²) < 4.78 is 23.8. The highest BCUT2D eigenvalue weighted by Gasteiger charge is 2.33. The molecular weight excluding hydrogens is 341 g/mol. The summed E-state index contributed by atoms with van der Waals surface area (Å²) in [6.45, 7) is -0.792. The highest BCUT2D eigenvalue weighted by Crippen LogP contribution is 2.42. The first kappa shape index (κ1) is 17.2. The minimum Gasteiger partial charge on any atom is -0.393 e. The molecule has 3 atom stereocenters. The number of hydrogen-bond donors (Lipinski definition) is 4. The summed E-state index contributed by atoms with van der Waals surface area (Å²) in [6.07, 6.45) is 3.51. The van der Waals surface area contributed by atoms with Crippen LogP contribution in [-0.4, -0.2) is 59.6 Å². The highest BCUT2D eigenvalue weighted by molar-refractivity contribution is 7.52. The summed E-state index contributed by atoms with van der Waals surface area (Å²) >= 11 is 0. The molecule has 2 aromatic heterocycles. The lowest BCUT2D eigenvalue weighted by atomic mass is 10.2. The monoisotopic (exact) mass is 359 g/mol. The van der Waals surface area contributed by atoms with Crippen LogP contribution in [0.25, 0.3) is 11.2 Å². The molecule has 0 aromatic carbocycles. The van der Waals surface area contributed by atoms with Crippen LogP contribution < -0.4 is 5.73 Å². The Morgan fingerprint density at radius 2 is 2.21 bits per heavy atom. The van der Waals surface area contributed by atoms with Gasteiger partial charge in [-0.2, -0.15) is 0 Å². The molecular formula is C12H18N5O6P. The van der Waals surface area contributed by atoms with Gasteiger partial charge < -0.3 is 30.1 Å². The fourth-order valence-electron chi connectivity index (χ4n) is 2.57. The summed E-state index contributed by atoms with van der Waals surface area (Å²) in [5.74, 6) is -1.26. The van der Waals surface area contributed by atoms with E-state index in [2.05, 4.69) is 15.0 Å². The number of ether oxygens (including phenoxy) is 2. The first-order valence-corrected chi connectivity index (χ1v) is 8.94. The fourth-order valence-corrected chi connectivity index (χ4v) is 3.06. The van der Waals surface area contributed by atoms with Crippen LogP contribution in [0.3, 0.4) is 0 Å². The number of hydrogen-bond acceptors (Lipinski definition) is 8. The van der Waals surface area contributed by atoms with E-state index in [-0.39, 0.29) is 24.8 Å². The van der Waals surface area contributed by atoms with Crippen molar-refractivity contribution in [2.45, 2.75) is 31.0 Å². The Balaban J connectivity index is 1.65. The number of nitrogens with zero attached hydrogens (tertiary/aromatic N) is 4. The number of aliphatic hydroxyl groups excluding tert-OH is 1. The van der Waals surface area contributed by atoms with Crippen LogP contribution in [0, 0.1) is 0 Å². The standard InChI is InChI=1S/C12H18N5O6P/c13-11-10-12(15-5-14-11)17(6-16-10)8-2-1-7(23-8)4-22-9(3-18)24(19,20)21/h5-9,18H,1-4H2,(H2,13,14,15)(H2,19,20,21)/t7-,8+,9?/m0/s1. The molecule has 2 aromatic rings. The molecule has 1 saturated heterocycles. The first-order valence-electron chi connectivity index (χ1n) is 7.26. The molecule has 3 heterocycles. The molecule has 0 aliphatic carbocycles. The average Bonchev–Trinajstić information content (AvgIpc) is 3.13. The van der Waals surface area contributed by atoms with Crippen LogP contribution >= 0.6 is 7.60 Å². The largest absolute Gasteiger partial charge is 0.393 e. The van der Waals surface area contributed by atoms with E-state index in [1.165, 1.54) is 6.33 Å². The van der Waals surface area contributed by atoms with E-state index in [9.17, 15) is 4.57 Å². The Hall–Kier alpha value is -1.62. The lowest BCUT2D eigenvalue weighted by Gasteiger charge is -2.20. The van der Waals surface area contributed by atoms with Crippen LogP contribution in [-0.2, 0) is 14.0 Å². The number of fused-ring (bicyclic) bond motifs is 1. The summed E-state index contributed by atoms with van der Waals surface area (Å²) in [5, 5.41) is 8.99. The topological polar surface area (TPSA) is 166 Å². The van der Waals surface area contributed by atoms with Crippen LogP contribution in [0.2, 0.25) is 0 Å².